The van der Waals surface area contributed by atoms with Crippen molar-refractivity contribution in [3.63, 3.8) is 0 Å². The van der Waals surface area contributed by atoms with Crippen LogP contribution in [-0.4, -0.2) is 28.5 Å². The topological polar surface area (TPSA) is 90.7 Å². The zero-order valence-electron chi connectivity index (χ0n) is 14.5. The molecule has 2 heterocycles. The maximum absolute atomic E-state index is 13.2. The minimum Gasteiger partial charge on any atom is -0.436 e. The Balaban J connectivity index is 1.59. The number of aliphatic hydroxyl groups is 1. The van der Waals surface area contributed by atoms with Crippen LogP contribution in [0.2, 0.25) is 0 Å². The molecule has 0 spiro atoms. The number of alkyl halides is 2. The van der Waals surface area contributed by atoms with Gasteiger partial charge in [0, 0.05) is 11.1 Å². The van der Waals surface area contributed by atoms with E-state index >= 15 is 0 Å². The molecule has 1 aromatic heterocycles. The molecular formula is C19H18F2N2O4. The average Bonchev–Trinajstić information content (AvgIpc) is 3.17. The predicted molar refractivity (Wildman–Crippen MR) is 93.6 cm³/mol. The molecule has 0 amide bonds. The number of aryl methyl sites for hydroxylation is 1. The number of nitrogens with two attached hydrogens (primary N) is 1. The van der Waals surface area contributed by atoms with Crippen LogP contribution in [0.5, 0.6) is 11.5 Å². The molecule has 0 saturated carbocycles. The van der Waals surface area contributed by atoms with Crippen molar-refractivity contribution in [2.24, 2.45) is 5.73 Å². The predicted octanol–water partition coefficient (Wildman–Crippen LogP) is 3.46. The normalized spacial score (nSPS) is 17.2. The summed E-state index contributed by atoms with van der Waals surface area (Å²) in [7, 11) is 0. The van der Waals surface area contributed by atoms with Gasteiger partial charge in [-0.2, -0.15) is 0 Å². The molecule has 3 aromatic rings. The number of hydrogen-bond donors (Lipinski definition) is 2. The second-order valence-corrected chi connectivity index (χ2v) is 6.96. The highest BCUT2D eigenvalue weighted by molar-refractivity contribution is 5.77. The summed E-state index contributed by atoms with van der Waals surface area (Å²) in [4.78, 5) is 4.44. The van der Waals surface area contributed by atoms with Crippen LogP contribution < -0.4 is 15.2 Å². The minimum atomic E-state index is -3.66. The Morgan fingerprint density at radius 3 is 2.70 bits per heavy atom. The lowest BCUT2D eigenvalue weighted by molar-refractivity contribution is -0.286. The van der Waals surface area contributed by atoms with Crippen LogP contribution in [0.25, 0.3) is 22.6 Å². The van der Waals surface area contributed by atoms with Crippen LogP contribution in [0.1, 0.15) is 18.9 Å². The van der Waals surface area contributed by atoms with Crippen molar-refractivity contribution < 1.29 is 27.8 Å². The Kier molecular flexibility index (Phi) is 4.05. The Hall–Kier alpha value is -2.71. The molecule has 1 atom stereocenters. The van der Waals surface area contributed by atoms with Gasteiger partial charge in [-0.1, -0.05) is 6.07 Å². The van der Waals surface area contributed by atoms with Gasteiger partial charge in [-0.15, -0.1) is 8.78 Å². The van der Waals surface area contributed by atoms with Crippen LogP contribution >= 0.6 is 0 Å². The Morgan fingerprint density at radius 1 is 1.15 bits per heavy atom. The molecule has 0 aliphatic carbocycles. The zero-order valence-corrected chi connectivity index (χ0v) is 14.5. The van der Waals surface area contributed by atoms with E-state index in [1.54, 1.807) is 19.1 Å². The Bertz CT molecular complexity index is 1000. The summed E-state index contributed by atoms with van der Waals surface area (Å²) < 4.78 is 40.9. The molecule has 1 aliphatic rings. The van der Waals surface area contributed by atoms with Gasteiger partial charge in [-0.05, 0) is 55.7 Å². The summed E-state index contributed by atoms with van der Waals surface area (Å²) in [6.45, 7) is 1.70. The number of fused-ring (bicyclic) bond motifs is 2. The summed E-state index contributed by atoms with van der Waals surface area (Å²) in [5.74, 6) is 0.199. The Morgan fingerprint density at radius 2 is 1.93 bits per heavy atom. The quantitative estimate of drug-likeness (QED) is 0.709. The van der Waals surface area contributed by atoms with E-state index in [9.17, 15) is 13.9 Å². The lowest BCUT2D eigenvalue weighted by Gasteiger charge is -2.21. The molecule has 0 fully saturated rings. The molecule has 3 N–H and O–H groups in total. The third kappa shape index (κ3) is 3.58. The molecule has 0 unspecified atom stereocenters. The van der Waals surface area contributed by atoms with E-state index in [-0.39, 0.29) is 18.1 Å². The molecular weight excluding hydrogens is 358 g/mol. The van der Waals surface area contributed by atoms with E-state index in [1.165, 1.54) is 12.1 Å². The standard InChI is InChI=1S/C19H18F2N2O4/c1-18(22,10-24)7-6-11-2-4-14-13(8-11)23-17(25-14)12-3-5-15-16(9-12)27-19(20,21)26-15/h2-5,8-9,24H,6-7,10,22H2,1H3/t18-/m1/s1. The molecule has 2 aromatic carbocycles. The van der Waals surface area contributed by atoms with Crippen LogP contribution in [0.3, 0.4) is 0 Å². The van der Waals surface area contributed by atoms with Gasteiger partial charge < -0.3 is 24.7 Å². The molecule has 27 heavy (non-hydrogen) atoms. The third-order valence-corrected chi connectivity index (χ3v) is 4.45. The van der Waals surface area contributed by atoms with E-state index in [0.717, 1.165) is 5.56 Å². The number of aromatic nitrogens is 1. The summed E-state index contributed by atoms with van der Waals surface area (Å²) in [5.41, 5.74) is 8.06. The van der Waals surface area contributed by atoms with Crippen LogP contribution in [-0.2, 0) is 6.42 Å². The molecule has 0 saturated heterocycles. The van der Waals surface area contributed by atoms with Crippen molar-refractivity contribution >= 4 is 11.1 Å². The van der Waals surface area contributed by atoms with Gasteiger partial charge in [0.05, 0.1) is 6.61 Å². The van der Waals surface area contributed by atoms with Gasteiger partial charge in [-0.25, -0.2) is 4.98 Å². The highest BCUT2D eigenvalue weighted by Crippen LogP contribution is 2.43. The highest BCUT2D eigenvalue weighted by atomic mass is 19.3. The van der Waals surface area contributed by atoms with Crippen molar-refractivity contribution in [3.8, 4) is 23.0 Å². The van der Waals surface area contributed by atoms with Crippen molar-refractivity contribution in [2.45, 2.75) is 31.6 Å². The number of nitrogens with zero attached hydrogens (tertiary/aromatic N) is 1. The SMILES string of the molecule is C[C@](N)(CO)CCc1ccc2oc(-c3ccc4c(c3)OC(F)(F)O4)nc2c1. The molecule has 1 aliphatic heterocycles. The fraction of sp³-hybridized carbons (Fsp3) is 0.316. The second kappa shape index (κ2) is 6.17. The van der Waals surface area contributed by atoms with Gasteiger partial charge in [0.2, 0.25) is 5.89 Å². The van der Waals surface area contributed by atoms with Gasteiger partial charge in [-0.3, -0.25) is 0 Å². The van der Waals surface area contributed by atoms with Gasteiger partial charge in [0.15, 0.2) is 17.1 Å². The largest absolute Gasteiger partial charge is 0.586 e. The maximum atomic E-state index is 13.2. The van der Waals surface area contributed by atoms with Crippen LogP contribution in [0.4, 0.5) is 8.78 Å². The van der Waals surface area contributed by atoms with Crippen LogP contribution in [0.15, 0.2) is 40.8 Å². The van der Waals surface area contributed by atoms with E-state index < -0.39 is 11.8 Å². The Labute approximate surface area is 153 Å². The fourth-order valence-electron chi connectivity index (χ4n) is 2.84. The molecule has 0 bridgehead atoms. The van der Waals surface area contributed by atoms with Crippen molar-refractivity contribution in [1.82, 2.24) is 4.98 Å². The number of aliphatic hydroxyl groups excluding tert-OH is 1. The number of halogens is 2. The van der Waals surface area contributed by atoms with Crippen LogP contribution in [0, 0.1) is 0 Å². The van der Waals surface area contributed by atoms with E-state index in [0.29, 0.717) is 35.4 Å². The fourth-order valence-corrected chi connectivity index (χ4v) is 2.84. The molecule has 4 rings (SSSR count). The number of oxazole rings is 1. The summed E-state index contributed by atoms with van der Waals surface area (Å²) in [6, 6.07) is 9.97. The van der Waals surface area contributed by atoms with Crippen molar-refractivity contribution in [1.29, 1.82) is 0 Å². The van der Waals surface area contributed by atoms with Crippen molar-refractivity contribution in [2.75, 3.05) is 6.61 Å². The average molecular weight is 376 g/mol. The molecule has 8 heteroatoms. The molecule has 142 valence electrons. The monoisotopic (exact) mass is 376 g/mol. The van der Waals surface area contributed by atoms with Gasteiger partial charge in [0.25, 0.3) is 0 Å². The number of hydrogen-bond acceptors (Lipinski definition) is 6. The first kappa shape index (κ1) is 17.7. The smallest absolute Gasteiger partial charge is 0.436 e. The van der Waals surface area contributed by atoms with Gasteiger partial charge in [0.1, 0.15) is 5.52 Å². The third-order valence-electron chi connectivity index (χ3n) is 4.45. The lowest BCUT2D eigenvalue weighted by atomic mass is 9.95. The minimum absolute atomic E-state index is 0.0316. The van der Waals surface area contributed by atoms with Gasteiger partial charge >= 0.3 is 6.29 Å². The number of rotatable bonds is 5. The molecule has 0 radical (unpaired) electrons. The first-order valence-electron chi connectivity index (χ1n) is 8.44. The number of benzene rings is 2. The van der Waals surface area contributed by atoms with E-state index in [4.69, 9.17) is 10.2 Å². The summed E-state index contributed by atoms with van der Waals surface area (Å²) in [5, 5.41) is 9.25. The van der Waals surface area contributed by atoms with E-state index in [1.807, 2.05) is 12.1 Å². The summed E-state index contributed by atoms with van der Waals surface area (Å²) in [6.07, 6.45) is -2.36. The molecule has 6 nitrogen and oxygen atoms in total. The number of ether oxygens (including phenoxy) is 2. The second-order valence-electron chi connectivity index (χ2n) is 6.96. The van der Waals surface area contributed by atoms with Crippen molar-refractivity contribution in [3.05, 3.63) is 42.0 Å². The maximum Gasteiger partial charge on any atom is 0.586 e. The first-order chi connectivity index (χ1) is 12.7. The van der Waals surface area contributed by atoms with E-state index in [2.05, 4.69) is 14.5 Å². The first-order valence-corrected chi connectivity index (χ1v) is 8.44. The lowest BCUT2D eigenvalue weighted by Crippen LogP contribution is -2.40. The summed E-state index contributed by atoms with van der Waals surface area (Å²) >= 11 is 0. The highest BCUT2D eigenvalue weighted by Gasteiger charge is 2.43. The zero-order chi connectivity index (χ0) is 19.2.